The molecule has 0 saturated heterocycles. The van der Waals surface area contributed by atoms with Crippen LogP contribution in [0.4, 0.5) is 0 Å². The Balaban J connectivity index is 1.92. The second-order valence-electron chi connectivity index (χ2n) is 8.18. The molecule has 2 rings (SSSR count). The predicted molar refractivity (Wildman–Crippen MR) is 148 cm³/mol. The topological polar surface area (TPSA) is 98.8 Å². The summed E-state index contributed by atoms with van der Waals surface area (Å²) in [6, 6.07) is 12.2. The molecule has 0 spiro atoms. The van der Waals surface area contributed by atoms with Crippen LogP contribution in [-0.2, 0) is 33.2 Å². The van der Waals surface area contributed by atoms with E-state index in [9.17, 15) is 9.59 Å². The summed E-state index contributed by atoms with van der Waals surface area (Å²) < 4.78 is 37.7. The van der Waals surface area contributed by atoms with Gasteiger partial charge in [0.25, 0.3) is 0 Å². The lowest BCUT2D eigenvalue weighted by molar-refractivity contribution is -0.0249. The summed E-state index contributed by atoms with van der Waals surface area (Å²) in [4.78, 5) is 25.2. The van der Waals surface area contributed by atoms with Gasteiger partial charge in [0.05, 0.1) is 57.4 Å². The summed E-state index contributed by atoms with van der Waals surface area (Å²) in [5, 5.41) is 0. The second kappa shape index (κ2) is 18.8. The normalized spacial score (nSPS) is 11.5. The summed E-state index contributed by atoms with van der Waals surface area (Å²) in [6.45, 7) is 9.93. The molecular weight excluding hydrogens is 504 g/mol. The lowest BCUT2D eigenvalue weighted by Gasteiger charge is -2.21. The van der Waals surface area contributed by atoms with Gasteiger partial charge in [0, 0.05) is 14.2 Å². The molecule has 0 aromatic heterocycles. The van der Waals surface area contributed by atoms with Crippen molar-refractivity contribution in [3.63, 3.8) is 0 Å². The third-order valence-electron chi connectivity index (χ3n) is 5.48. The maximum Gasteiger partial charge on any atom is 0.338 e. The van der Waals surface area contributed by atoms with Gasteiger partial charge in [-0.1, -0.05) is 43.5 Å². The van der Waals surface area contributed by atoms with Gasteiger partial charge < -0.3 is 33.2 Å². The van der Waals surface area contributed by atoms with Crippen LogP contribution >= 0.6 is 0 Å². The Morgan fingerprint density at radius 2 is 1.31 bits per heavy atom. The first-order valence-electron chi connectivity index (χ1n) is 12.6. The predicted octanol–water partition coefficient (Wildman–Crippen LogP) is 4.37. The monoisotopic (exact) mass is 542 g/mol. The molecule has 39 heavy (non-hydrogen) atoms. The van der Waals surface area contributed by atoms with E-state index in [-0.39, 0.29) is 33.0 Å². The minimum Gasteiger partial charge on any atom is -0.460 e. The molecule has 0 amide bonds. The molecule has 9 heteroatoms. The van der Waals surface area contributed by atoms with Crippen molar-refractivity contribution in [3.8, 4) is 0 Å². The van der Waals surface area contributed by atoms with Crippen LogP contribution in [0.1, 0.15) is 43.5 Å². The Morgan fingerprint density at radius 1 is 0.718 bits per heavy atom. The van der Waals surface area contributed by atoms with Crippen molar-refractivity contribution >= 4 is 24.1 Å². The molecule has 0 N–H and O–H groups in total. The van der Waals surface area contributed by atoms with Crippen molar-refractivity contribution in [2.45, 2.75) is 6.10 Å². The fourth-order valence-corrected chi connectivity index (χ4v) is 3.44. The van der Waals surface area contributed by atoms with Gasteiger partial charge in [-0.25, -0.2) is 9.59 Å². The fraction of sp³-hybridized carbons (Fsp3) is 0.400. The van der Waals surface area contributed by atoms with Gasteiger partial charge >= 0.3 is 11.9 Å². The number of rotatable bonds is 20. The minimum atomic E-state index is -0.608. The van der Waals surface area contributed by atoms with Crippen molar-refractivity contribution in [3.05, 3.63) is 83.4 Å². The van der Waals surface area contributed by atoms with Crippen LogP contribution < -0.4 is 0 Å². The van der Waals surface area contributed by atoms with E-state index >= 15 is 0 Å². The van der Waals surface area contributed by atoms with E-state index < -0.39 is 18.0 Å². The van der Waals surface area contributed by atoms with E-state index in [1.165, 1.54) is 7.11 Å². The zero-order valence-electron chi connectivity index (χ0n) is 22.7. The van der Waals surface area contributed by atoms with E-state index in [1.54, 1.807) is 61.7 Å². The van der Waals surface area contributed by atoms with Crippen molar-refractivity contribution in [2.75, 3.05) is 73.7 Å². The maximum atomic E-state index is 12.9. The molecule has 0 radical (unpaired) electrons. The first kappa shape index (κ1) is 31.9. The van der Waals surface area contributed by atoms with E-state index in [0.29, 0.717) is 43.1 Å². The van der Waals surface area contributed by atoms with Crippen LogP contribution in [0.2, 0.25) is 0 Å². The van der Waals surface area contributed by atoms with Crippen molar-refractivity contribution < 1.29 is 42.7 Å². The van der Waals surface area contributed by atoms with E-state index in [2.05, 4.69) is 13.2 Å². The molecule has 0 fully saturated rings. The van der Waals surface area contributed by atoms with E-state index in [4.69, 9.17) is 33.2 Å². The lowest BCUT2D eigenvalue weighted by Crippen LogP contribution is -2.20. The van der Waals surface area contributed by atoms with Crippen molar-refractivity contribution in [1.82, 2.24) is 0 Å². The van der Waals surface area contributed by atoms with E-state index in [1.807, 2.05) is 0 Å². The van der Waals surface area contributed by atoms with Gasteiger partial charge in [0.2, 0.25) is 0 Å². The van der Waals surface area contributed by atoms with Crippen LogP contribution in [0.15, 0.2) is 55.6 Å². The Kier molecular flexibility index (Phi) is 15.4. The Hall–Kier alpha value is -3.34. The highest BCUT2D eigenvalue weighted by Gasteiger charge is 2.22. The average molecular weight is 543 g/mol. The van der Waals surface area contributed by atoms with Crippen molar-refractivity contribution in [2.24, 2.45) is 0 Å². The molecule has 0 aliphatic carbocycles. The van der Waals surface area contributed by atoms with E-state index in [0.717, 1.165) is 11.1 Å². The van der Waals surface area contributed by atoms with Crippen LogP contribution in [0, 0.1) is 0 Å². The van der Waals surface area contributed by atoms with Crippen molar-refractivity contribution in [1.29, 1.82) is 0 Å². The minimum absolute atomic E-state index is 0.0235. The van der Waals surface area contributed by atoms with Gasteiger partial charge in [-0.3, -0.25) is 0 Å². The fourth-order valence-electron chi connectivity index (χ4n) is 3.44. The third-order valence-corrected chi connectivity index (χ3v) is 5.48. The molecule has 2 aromatic carbocycles. The molecule has 0 aliphatic heterocycles. The maximum absolute atomic E-state index is 12.9. The summed E-state index contributed by atoms with van der Waals surface area (Å²) in [6.07, 6.45) is 2.76. The number of carbonyl (C=O) groups is 2. The lowest BCUT2D eigenvalue weighted by atomic mass is 9.99. The Bertz CT molecular complexity index is 1030. The molecule has 0 saturated carbocycles. The molecule has 1 atom stereocenters. The van der Waals surface area contributed by atoms with Gasteiger partial charge in [0.1, 0.15) is 19.3 Å². The summed E-state index contributed by atoms with van der Waals surface area (Å²) >= 11 is 0. The molecular formula is C30H38O9. The third kappa shape index (κ3) is 11.5. The highest BCUT2D eigenvalue weighted by atomic mass is 16.6. The van der Waals surface area contributed by atoms with Crippen LogP contribution in [-0.4, -0.2) is 85.6 Å². The first-order chi connectivity index (χ1) is 19.0. The number of benzene rings is 2. The van der Waals surface area contributed by atoms with Gasteiger partial charge in [-0.2, -0.15) is 0 Å². The standard InChI is InChI=1S/C30H38O9/c1-5-23-7-10-25(11-8-23)29(31)38-20-19-37-28(22-34-4)27-21-24(6-2)9-12-26(27)30(32)39-18-17-36-16-15-35-14-13-33-3/h5-12,21,28H,1-2,13-20,22H2,3-4H3. The Morgan fingerprint density at radius 3 is 1.95 bits per heavy atom. The van der Waals surface area contributed by atoms with Gasteiger partial charge in [-0.15, -0.1) is 0 Å². The summed E-state index contributed by atoms with van der Waals surface area (Å²) in [5.74, 6) is -0.973. The van der Waals surface area contributed by atoms with Gasteiger partial charge in [0.15, 0.2) is 0 Å². The highest BCUT2D eigenvalue weighted by molar-refractivity contribution is 5.91. The number of methoxy groups -OCH3 is 2. The smallest absolute Gasteiger partial charge is 0.338 e. The van der Waals surface area contributed by atoms with Crippen LogP contribution in [0.25, 0.3) is 12.2 Å². The molecule has 9 nitrogen and oxygen atoms in total. The zero-order chi connectivity index (χ0) is 28.3. The average Bonchev–Trinajstić information content (AvgIpc) is 2.97. The summed E-state index contributed by atoms with van der Waals surface area (Å²) in [5.41, 5.74) is 3.06. The number of esters is 2. The number of carbonyl (C=O) groups excluding carboxylic acids is 2. The Labute approximate surface area is 230 Å². The van der Waals surface area contributed by atoms with Crippen LogP contribution in [0.3, 0.4) is 0 Å². The highest BCUT2D eigenvalue weighted by Crippen LogP contribution is 2.25. The molecule has 1 unspecified atom stereocenters. The first-order valence-corrected chi connectivity index (χ1v) is 12.6. The number of ether oxygens (including phenoxy) is 7. The SMILES string of the molecule is C=Cc1ccc(C(=O)OCCOC(COC)c2cc(C=C)ccc2C(=O)OCCOCCOCCOC)cc1. The number of hydrogen-bond donors (Lipinski definition) is 0. The molecule has 0 bridgehead atoms. The molecule has 2 aromatic rings. The molecule has 0 heterocycles. The zero-order valence-corrected chi connectivity index (χ0v) is 22.7. The largest absolute Gasteiger partial charge is 0.460 e. The molecule has 0 aliphatic rings. The number of hydrogen-bond acceptors (Lipinski definition) is 9. The quantitative estimate of drug-likeness (QED) is 0.178. The van der Waals surface area contributed by atoms with Gasteiger partial charge in [-0.05, 0) is 41.0 Å². The van der Waals surface area contributed by atoms with Crippen LogP contribution in [0.5, 0.6) is 0 Å². The molecule has 212 valence electrons. The second-order valence-corrected chi connectivity index (χ2v) is 8.18. The summed E-state index contributed by atoms with van der Waals surface area (Å²) in [7, 11) is 3.14.